The molecule has 2 nitrogen and oxygen atoms in total. The van der Waals surface area contributed by atoms with Crippen LogP contribution in [0.25, 0.3) is 0 Å². The maximum absolute atomic E-state index is 4.59. The summed E-state index contributed by atoms with van der Waals surface area (Å²) >= 11 is 0. The van der Waals surface area contributed by atoms with Crippen LogP contribution in [-0.2, 0) is 0 Å². The van der Waals surface area contributed by atoms with Crippen LogP contribution in [0.3, 0.4) is 0 Å². The highest BCUT2D eigenvalue weighted by atomic mass is 15.2. The number of nitrogens with zero attached hydrogens (tertiary/aromatic N) is 2. The molecule has 1 saturated carbocycles. The summed E-state index contributed by atoms with van der Waals surface area (Å²) < 4.78 is 0. The molecule has 2 aliphatic heterocycles. The minimum Gasteiger partial charge on any atom is -0.374 e. The zero-order valence-corrected chi connectivity index (χ0v) is 8.65. The molecule has 2 unspecified atom stereocenters. The fourth-order valence-corrected chi connectivity index (χ4v) is 3.13. The minimum atomic E-state index is 0.621. The zero-order chi connectivity index (χ0) is 9.38. The van der Waals surface area contributed by atoms with Gasteiger partial charge in [0.2, 0.25) is 0 Å². The third-order valence-electron chi connectivity index (χ3n) is 3.85. The van der Waals surface area contributed by atoms with Crippen LogP contribution in [0.4, 0.5) is 0 Å². The molecule has 14 heavy (non-hydrogen) atoms. The first kappa shape index (κ1) is 8.51. The average molecular weight is 190 g/mol. The van der Waals surface area contributed by atoms with Gasteiger partial charge in [0.1, 0.15) is 0 Å². The monoisotopic (exact) mass is 190 g/mol. The van der Waals surface area contributed by atoms with Crippen molar-refractivity contribution in [2.24, 2.45) is 10.9 Å². The molecule has 0 aromatic carbocycles. The van der Waals surface area contributed by atoms with Crippen LogP contribution >= 0.6 is 0 Å². The molecule has 0 spiro atoms. The van der Waals surface area contributed by atoms with E-state index in [0.29, 0.717) is 6.04 Å². The number of dihydropyridines is 1. The first-order valence-corrected chi connectivity index (χ1v) is 5.93. The van der Waals surface area contributed by atoms with E-state index >= 15 is 0 Å². The maximum Gasteiger partial charge on any atom is 0.0582 e. The zero-order valence-electron chi connectivity index (χ0n) is 8.65. The van der Waals surface area contributed by atoms with Gasteiger partial charge in [0, 0.05) is 30.9 Å². The standard InChI is InChI=1S/C12H18N2/c1-2-9-14(8-1)12-6-7-13-11-5-3-4-10(11)12/h6-7,10-11H,1-5,8-9H2. The van der Waals surface area contributed by atoms with Crippen LogP contribution in [0.2, 0.25) is 0 Å². The molecule has 3 rings (SSSR count). The Bertz CT molecular complexity index is 274. The normalized spacial score (nSPS) is 36.0. The van der Waals surface area contributed by atoms with Gasteiger partial charge in [-0.1, -0.05) is 6.42 Å². The fraction of sp³-hybridized carbons (Fsp3) is 0.750. The SMILES string of the molecule is C1=NC2CCCC2C(N2CCCC2)=C1. The van der Waals surface area contributed by atoms with Crippen LogP contribution in [0, 0.1) is 5.92 Å². The molecule has 3 aliphatic rings. The van der Waals surface area contributed by atoms with Crippen molar-refractivity contribution in [3.63, 3.8) is 0 Å². The number of rotatable bonds is 1. The van der Waals surface area contributed by atoms with Gasteiger partial charge in [0.05, 0.1) is 6.04 Å². The number of likely N-dealkylation sites (tertiary alicyclic amines) is 1. The number of allylic oxidation sites excluding steroid dienone is 1. The van der Waals surface area contributed by atoms with Crippen LogP contribution in [0.15, 0.2) is 16.8 Å². The largest absolute Gasteiger partial charge is 0.374 e. The van der Waals surface area contributed by atoms with Crippen LogP contribution in [0.1, 0.15) is 32.1 Å². The first-order chi connectivity index (χ1) is 6.95. The van der Waals surface area contributed by atoms with E-state index < -0.39 is 0 Å². The lowest BCUT2D eigenvalue weighted by molar-refractivity contribution is 0.346. The molecule has 0 radical (unpaired) electrons. The van der Waals surface area contributed by atoms with Gasteiger partial charge in [-0.2, -0.15) is 0 Å². The number of hydrogen-bond acceptors (Lipinski definition) is 2. The van der Waals surface area contributed by atoms with Crippen molar-refractivity contribution in [1.29, 1.82) is 0 Å². The Balaban J connectivity index is 1.82. The second-order valence-electron chi connectivity index (χ2n) is 4.69. The number of fused-ring (bicyclic) bond motifs is 1. The van der Waals surface area contributed by atoms with Crippen molar-refractivity contribution in [3.05, 3.63) is 11.8 Å². The Labute approximate surface area is 85.7 Å². The maximum atomic E-state index is 4.59. The summed E-state index contributed by atoms with van der Waals surface area (Å²) in [6.07, 6.45) is 11.1. The molecule has 2 atom stereocenters. The minimum absolute atomic E-state index is 0.621. The second kappa shape index (κ2) is 3.41. The van der Waals surface area contributed by atoms with Gasteiger partial charge in [0.25, 0.3) is 0 Å². The fourth-order valence-electron chi connectivity index (χ4n) is 3.13. The highest BCUT2D eigenvalue weighted by molar-refractivity contribution is 5.73. The summed E-state index contributed by atoms with van der Waals surface area (Å²) in [5, 5.41) is 0. The van der Waals surface area contributed by atoms with Gasteiger partial charge in [0.15, 0.2) is 0 Å². The second-order valence-corrected chi connectivity index (χ2v) is 4.69. The van der Waals surface area contributed by atoms with Crippen molar-refractivity contribution in [1.82, 2.24) is 4.90 Å². The average Bonchev–Trinajstić information content (AvgIpc) is 2.88. The van der Waals surface area contributed by atoms with Crippen molar-refractivity contribution < 1.29 is 0 Å². The lowest BCUT2D eigenvalue weighted by Crippen LogP contribution is -2.29. The van der Waals surface area contributed by atoms with E-state index in [1.54, 1.807) is 5.70 Å². The molecule has 1 aliphatic carbocycles. The Morgan fingerprint density at radius 1 is 1.14 bits per heavy atom. The van der Waals surface area contributed by atoms with Crippen LogP contribution < -0.4 is 0 Å². The molecule has 0 bridgehead atoms. The first-order valence-electron chi connectivity index (χ1n) is 5.93. The molecule has 0 amide bonds. The molecule has 0 N–H and O–H groups in total. The third-order valence-corrected chi connectivity index (χ3v) is 3.85. The summed E-state index contributed by atoms with van der Waals surface area (Å²) in [5.41, 5.74) is 1.60. The van der Waals surface area contributed by atoms with Gasteiger partial charge >= 0.3 is 0 Å². The Morgan fingerprint density at radius 2 is 2.00 bits per heavy atom. The predicted octanol–water partition coefficient (Wildman–Crippen LogP) is 2.22. The van der Waals surface area contributed by atoms with Gasteiger partial charge in [-0.25, -0.2) is 0 Å². The summed E-state index contributed by atoms with van der Waals surface area (Å²) in [4.78, 5) is 7.18. The quantitative estimate of drug-likeness (QED) is 0.619. The summed E-state index contributed by atoms with van der Waals surface area (Å²) in [6.45, 7) is 2.56. The summed E-state index contributed by atoms with van der Waals surface area (Å²) in [7, 11) is 0. The lowest BCUT2D eigenvalue weighted by Gasteiger charge is -2.30. The molecule has 0 aromatic rings. The van der Waals surface area contributed by atoms with Gasteiger partial charge in [-0.05, 0) is 31.8 Å². The smallest absolute Gasteiger partial charge is 0.0582 e. The van der Waals surface area contributed by atoms with Crippen LogP contribution in [0.5, 0.6) is 0 Å². The molecule has 0 aromatic heterocycles. The molecule has 76 valence electrons. The summed E-state index contributed by atoms with van der Waals surface area (Å²) in [5.74, 6) is 0.762. The van der Waals surface area contributed by atoms with Gasteiger partial charge < -0.3 is 4.90 Å². The molecular formula is C12H18N2. The van der Waals surface area contributed by atoms with E-state index in [-0.39, 0.29) is 0 Å². The molecule has 2 fully saturated rings. The summed E-state index contributed by atoms with van der Waals surface area (Å²) in [6, 6.07) is 0.621. The van der Waals surface area contributed by atoms with E-state index in [9.17, 15) is 0 Å². The Morgan fingerprint density at radius 3 is 2.86 bits per heavy atom. The van der Waals surface area contributed by atoms with Gasteiger partial charge in [-0.15, -0.1) is 0 Å². The van der Waals surface area contributed by atoms with Crippen molar-refractivity contribution in [2.75, 3.05) is 13.1 Å². The van der Waals surface area contributed by atoms with E-state index in [0.717, 1.165) is 5.92 Å². The van der Waals surface area contributed by atoms with E-state index in [1.165, 1.54) is 45.2 Å². The number of aliphatic imine (C=N–C) groups is 1. The van der Waals surface area contributed by atoms with Gasteiger partial charge in [-0.3, -0.25) is 4.99 Å². The molecular weight excluding hydrogens is 172 g/mol. The number of hydrogen-bond donors (Lipinski definition) is 0. The van der Waals surface area contributed by atoms with E-state index in [4.69, 9.17) is 0 Å². The van der Waals surface area contributed by atoms with E-state index in [2.05, 4.69) is 16.0 Å². The lowest BCUT2D eigenvalue weighted by atomic mass is 9.96. The topological polar surface area (TPSA) is 15.6 Å². The molecule has 2 heteroatoms. The van der Waals surface area contributed by atoms with Crippen molar-refractivity contribution in [2.45, 2.75) is 38.1 Å². The van der Waals surface area contributed by atoms with Crippen molar-refractivity contribution in [3.8, 4) is 0 Å². The highest BCUT2D eigenvalue weighted by Crippen LogP contribution is 2.37. The van der Waals surface area contributed by atoms with Crippen LogP contribution in [-0.4, -0.2) is 30.2 Å². The van der Waals surface area contributed by atoms with E-state index in [1.807, 2.05) is 6.21 Å². The highest BCUT2D eigenvalue weighted by Gasteiger charge is 2.34. The molecule has 2 heterocycles. The predicted molar refractivity (Wildman–Crippen MR) is 58.5 cm³/mol. The third kappa shape index (κ3) is 1.28. The van der Waals surface area contributed by atoms with Crippen molar-refractivity contribution >= 4 is 6.21 Å². The molecule has 1 saturated heterocycles. The Kier molecular flexibility index (Phi) is 2.07. The Hall–Kier alpha value is -0.790.